The van der Waals surface area contributed by atoms with E-state index in [2.05, 4.69) is 21.3 Å². The normalized spacial score (nSPS) is 24.9. The van der Waals surface area contributed by atoms with E-state index in [4.69, 9.17) is 11.6 Å². The Labute approximate surface area is 165 Å². The van der Waals surface area contributed by atoms with Gasteiger partial charge < -0.3 is 10.2 Å². The zero-order valence-electron chi connectivity index (χ0n) is 15.5. The van der Waals surface area contributed by atoms with Gasteiger partial charge in [-0.15, -0.1) is 0 Å². The zero-order valence-corrected chi connectivity index (χ0v) is 16.2. The number of carbonyl (C=O) groups is 1. The molecule has 0 bridgehead atoms. The van der Waals surface area contributed by atoms with Crippen LogP contribution in [0.5, 0.6) is 0 Å². The standard InChI is InChI=1S/C22H26ClN3O/c23-17-6-3-5-16(13-17)20-14-21(20)22(27)26(15-18-7-1-2-11-25-18)19-8-4-10-24-12-9-19/h1-3,5-7,11,13,19-21,24H,4,8-10,12,14-15H2. The number of rotatable bonds is 5. The van der Waals surface area contributed by atoms with Crippen molar-refractivity contribution in [2.75, 3.05) is 13.1 Å². The Morgan fingerprint density at radius 1 is 1.19 bits per heavy atom. The third-order valence-electron chi connectivity index (χ3n) is 5.71. The Morgan fingerprint density at radius 3 is 2.93 bits per heavy atom. The average Bonchev–Trinajstić information content (AvgIpc) is 3.50. The van der Waals surface area contributed by atoms with Crippen LogP contribution in [0.4, 0.5) is 0 Å². The SMILES string of the molecule is O=C(C1CC1c1cccc(Cl)c1)N(Cc1ccccn1)C1CCCNCC1. The number of carbonyl (C=O) groups excluding carboxylic acids is 1. The summed E-state index contributed by atoms with van der Waals surface area (Å²) in [6, 6.07) is 14.1. The first-order valence-corrected chi connectivity index (χ1v) is 10.3. The zero-order chi connectivity index (χ0) is 18.6. The van der Waals surface area contributed by atoms with Gasteiger partial charge in [0.1, 0.15) is 0 Å². The second-order valence-corrected chi connectivity index (χ2v) is 8.06. The summed E-state index contributed by atoms with van der Waals surface area (Å²) in [5.74, 6) is 0.646. The van der Waals surface area contributed by atoms with Gasteiger partial charge in [0.15, 0.2) is 0 Å². The summed E-state index contributed by atoms with van der Waals surface area (Å²) in [5.41, 5.74) is 2.14. The fourth-order valence-electron chi connectivity index (χ4n) is 4.15. The van der Waals surface area contributed by atoms with Crippen molar-refractivity contribution in [2.45, 2.75) is 44.2 Å². The molecule has 142 valence electrons. The second kappa shape index (κ2) is 8.41. The first-order chi connectivity index (χ1) is 13.2. The molecule has 1 amide bonds. The highest BCUT2D eigenvalue weighted by molar-refractivity contribution is 6.30. The number of hydrogen-bond donors (Lipinski definition) is 1. The third kappa shape index (κ3) is 4.50. The predicted octanol–water partition coefficient (Wildman–Crippen LogP) is 4.01. The largest absolute Gasteiger partial charge is 0.334 e. The molecule has 1 aliphatic heterocycles. The lowest BCUT2D eigenvalue weighted by molar-refractivity contribution is -0.136. The van der Waals surface area contributed by atoms with Crippen LogP contribution in [-0.2, 0) is 11.3 Å². The minimum atomic E-state index is 0.0726. The van der Waals surface area contributed by atoms with E-state index < -0.39 is 0 Å². The number of hydrogen-bond acceptors (Lipinski definition) is 3. The number of halogens is 1. The lowest BCUT2D eigenvalue weighted by atomic mass is 10.0. The molecule has 2 fully saturated rings. The van der Waals surface area contributed by atoms with Crippen LogP contribution in [0.1, 0.15) is 42.9 Å². The van der Waals surface area contributed by atoms with Crippen molar-refractivity contribution in [2.24, 2.45) is 5.92 Å². The van der Waals surface area contributed by atoms with E-state index in [9.17, 15) is 4.79 Å². The minimum Gasteiger partial charge on any atom is -0.334 e. The molecular formula is C22H26ClN3O. The molecule has 0 spiro atoms. The summed E-state index contributed by atoms with van der Waals surface area (Å²) in [5, 5.41) is 4.19. The van der Waals surface area contributed by atoms with Crippen LogP contribution in [0, 0.1) is 5.92 Å². The molecule has 27 heavy (non-hydrogen) atoms. The summed E-state index contributed by atoms with van der Waals surface area (Å²) in [6.07, 6.45) is 5.90. The molecule has 3 atom stereocenters. The predicted molar refractivity (Wildman–Crippen MR) is 108 cm³/mol. The van der Waals surface area contributed by atoms with E-state index in [1.54, 1.807) is 6.20 Å². The Kier molecular flexibility index (Phi) is 5.74. The van der Waals surface area contributed by atoms with Crippen LogP contribution >= 0.6 is 11.6 Å². The summed E-state index contributed by atoms with van der Waals surface area (Å²) in [7, 11) is 0. The number of benzene rings is 1. The topological polar surface area (TPSA) is 45.2 Å². The quantitative estimate of drug-likeness (QED) is 0.848. The van der Waals surface area contributed by atoms with Crippen LogP contribution in [0.2, 0.25) is 5.02 Å². The van der Waals surface area contributed by atoms with Gasteiger partial charge in [-0.25, -0.2) is 0 Å². The molecule has 4 nitrogen and oxygen atoms in total. The van der Waals surface area contributed by atoms with Gasteiger partial charge in [0.2, 0.25) is 5.91 Å². The Hall–Kier alpha value is -1.91. The highest BCUT2D eigenvalue weighted by atomic mass is 35.5. The second-order valence-electron chi connectivity index (χ2n) is 7.63. The van der Waals surface area contributed by atoms with Crippen LogP contribution in [0.15, 0.2) is 48.7 Å². The lowest BCUT2D eigenvalue weighted by Crippen LogP contribution is -2.41. The molecule has 1 saturated carbocycles. The summed E-state index contributed by atoms with van der Waals surface area (Å²) >= 11 is 6.14. The Bertz CT molecular complexity index is 774. The minimum absolute atomic E-state index is 0.0726. The van der Waals surface area contributed by atoms with Crippen molar-refractivity contribution in [3.63, 3.8) is 0 Å². The molecule has 1 aliphatic carbocycles. The highest BCUT2D eigenvalue weighted by Crippen LogP contribution is 2.49. The number of amides is 1. The van der Waals surface area contributed by atoms with Crippen LogP contribution in [-0.4, -0.2) is 34.9 Å². The van der Waals surface area contributed by atoms with E-state index in [-0.39, 0.29) is 17.9 Å². The maximum absolute atomic E-state index is 13.4. The van der Waals surface area contributed by atoms with Gasteiger partial charge in [-0.1, -0.05) is 29.8 Å². The van der Waals surface area contributed by atoms with Crippen molar-refractivity contribution in [1.82, 2.24) is 15.2 Å². The van der Waals surface area contributed by atoms with Gasteiger partial charge in [-0.2, -0.15) is 0 Å². The molecule has 1 saturated heterocycles. The van der Waals surface area contributed by atoms with Crippen LogP contribution in [0.25, 0.3) is 0 Å². The monoisotopic (exact) mass is 383 g/mol. The molecule has 3 unspecified atom stereocenters. The van der Waals surface area contributed by atoms with E-state index in [1.807, 2.05) is 36.4 Å². The van der Waals surface area contributed by atoms with Gasteiger partial charge in [-0.3, -0.25) is 9.78 Å². The molecule has 5 heteroatoms. The molecule has 2 aromatic rings. The summed E-state index contributed by atoms with van der Waals surface area (Å²) in [4.78, 5) is 20.0. The molecule has 0 radical (unpaired) electrons. The van der Waals surface area contributed by atoms with E-state index >= 15 is 0 Å². The Balaban J connectivity index is 1.51. The van der Waals surface area contributed by atoms with Crippen molar-refractivity contribution in [3.8, 4) is 0 Å². The van der Waals surface area contributed by atoms with Gasteiger partial charge in [0.05, 0.1) is 12.2 Å². The number of aromatic nitrogens is 1. The van der Waals surface area contributed by atoms with Crippen molar-refractivity contribution >= 4 is 17.5 Å². The van der Waals surface area contributed by atoms with Crippen molar-refractivity contribution < 1.29 is 4.79 Å². The molecule has 4 rings (SSSR count). The highest BCUT2D eigenvalue weighted by Gasteiger charge is 2.46. The fourth-order valence-corrected chi connectivity index (χ4v) is 4.35. The molecule has 1 N–H and O–H groups in total. The van der Waals surface area contributed by atoms with Crippen LogP contribution < -0.4 is 5.32 Å². The fraction of sp³-hybridized carbons (Fsp3) is 0.455. The maximum atomic E-state index is 13.4. The third-order valence-corrected chi connectivity index (χ3v) is 5.95. The van der Waals surface area contributed by atoms with Gasteiger partial charge in [-0.05, 0) is 74.5 Å². The summed E-state index contributed by atoms with van der Waals surface area (Å²) in [6.45, 7) is 2.61. The van der Waals surface area contributed by atoms with E-state index in [0.717, 1.165) is 49.5 Å². The first-order valence-electron chi connectivity index (χ1n) is 9.89. The van der Waals surface area contributed by atoms with Gasteiger partial charge in [0, 0.05) is 23.2 Å². The number of nitrogens with zero attached hydrogens (tertiary/aromatic N) is 2. The number of nitrogens with one attached hydrogen (secondary N) is 1. The van der Waals surface area contributed by atoms with Gasteiger partial charge >= 0.3 is 0 Å². The molecule has 1 aromatic heterocycles. The molecule has 2 heterocycles. The Morgan fingerprint density at radius 2 is 2.11 bits per heavy atom. The average molecular weight is 384 g/mol. The molecular weight excluding hydrogens is 358 g/mol. The van der Waals surface area contributed by atoms with Crippen molar-refractivity contribution in [1.29, 1.82) is 0 Å². The first kappa shape index (κ1) is 18.5. The lowest BCUT2D eigenvalue weighted by Gasteiger charge is -2.31. The molecule has 2 aliphatic rings. The molecule has 1 aromatic carbocycles. The van der Waals surface area contributed by atoms with E-state index in [0.29, 0.717) is 12.5 Å². The van der Waals surface area contributed by atoms with E-state index in [1.165, 1.54) is 5.56 Å². The summed E-state index contributed by atoms with van der Waals surface area (Å²) < 4.78 is 0. The van der Waals surface area contributed by atoms with Crippen molar-refractivity contribution in [3.05, 3.63) is 64.9 Å². The smallest absolute Gasteiger partial charge is 0.226 e. The van der Waals surface area contributed by atoms with Crippen LogP contribution in [0.3, 0.4) is 0 Å². The number of pyridine rings is 1. The maximum Gasteiger partial charge on any atom is 0.226 e. The van der Waals surface area contributed by atoms with Gasteiger partial charge in [0.25, 0.3) is 0 Å².